The van der Waals surface area contributed by atoms with E-state index in [1.54, 1.807) is 38.5 Å². The Hall–Kier alpha value is -3.42. The summed E-state index contributed by atoms with van der Waals surface area (Å²) in [6.45, 7) is 0. The van der Waals surface area contributed by atoms with Crippen molar-refractivity contribution in [2.75, 3.05) is 28.4 Å². The lowest BCUT2D eigenvalue weighted by atomic mass is 9.50. The van der Waals surface area contributed by atoms with Gasteiger partial charge in [-0.15, -0.1) is 0 Å². The molecule has 0 spiro atoms. The average Bonchev–Trinajstić information content (AvgIpc) is 2.73. The SMILES string of the molecule is COc1cc(OC)c2c(c1)OC(=O)[C@H]1[C@@H]3C(=O)Oc4cc(OC)cc(OC)c4[C@@H]3[C@@H]21. The summed E-state index contributed by atoms with van der Waals surface area (Å²) in [5, 5.41) is 0. The van der Waals surface area contributed by atoms with Gasteiger partial charge in [-0.1, -0.05) is 0 Å². The summed E-state index contributed by atoms with van der Waals surface area (Å²) in [4.78, 5) is 25.6. The molecule has 8 nitrogen and oxygen atoms in total. The smallest absolute Gasteiger partial charge is 0.315 e. The van der Waals surface area contributed by atoms with E-state index in [0.29, 0.717) is 34.5 Å². The maximum Gasteiger partial charge on any atom is 0.315 e. The van der Waals surface area contributed by atoms with E-state index in [9.17, 15) is 9.59 Å². The molecule has 0 amide bonds. The van der Waals surface area contributed by atoms with Crippen molar-refractivity contribution in [3.05, 3.63) is 35.4 Å². The first-order valence-corrected chi connectivity index (χ1v) is 9.47. The first kappa shape index (κ1) is 18.6. The second-order valence-electron chi connectivity index (χ2n) is 7.43. The number of carbonyl (C=O) groups is 2. The molecule has 2 aromatic rings. The van der Waals surface area contributed by atoms with Crippen molar-refractivity contribution in [1.29, 1.82) is 0 Å². The third-order valence-electron chi connectivity index (χ3n) is 6.25. The van der Waals surface area contributed by atoms with Crippen LogP contribution in [0.25, 0.3) is 0 Å². The van der Waals surface area contributed by atoms with Crippen molar-refractivity contribution >= 4 is 11.9 Å². The van der Waals surface area contributed by atoms with Gasteiger partial charge in [-0.05, 0) is 0 Å². The second-order valence-corrected chi connectivity index (χ2v) is 7.43. The number of benzene rings is 2. The number of fused-ring (bicyclic) bond motifs is 8. The van der Waals surface area contributed by atoms with Gasteiger partial charge in [0.25, 0.3) is 0 Å². The molecule has 0 N–H and O–H groups in total. The van der Waals surface area contributed by atoms with Gasteiger partial charge in [0.05, 0.1) is 40.3 Å². The Kier molecular flexibility index (Phi) is 4.06. The molecular formula is C22H20O8. The van der Waals surface area contributed by atoms with Gasteiger partial charge >= 0.3 is 11.9 Å². The lowest BCUT2D eigenvalue weighted by molar-refractivity contribution is -0.165. The lowest BCUT2D eigenvalue weighted by Gasteiger charge is -2.53. The van der Waals surface area contributed by atoms with Crippen LogP contribution in [-0.4, -0.2) is 40.4 Å². The summed E-state index contributed by atoms with van der Waals surface area (Å²) < 4.78 is 32.9. The molecule has 2 aromatic carbocycles. The summed E-state index contributed by atoms with van der Waals surface area (Å²) in [5.41, 5.74) is 1.48. The molecule has 0 aromatic heterocycles. The molecule has 1 saturated carbocycles. The first-order valence-electron chi connectivity index (χ1n) is 9.47. The van der Waals surface area contributed by atoms with E-state index in [4.69, 9.17) is 28.4 Å². The van der Waals surface area contributed by atoms with Crippen LogP contribution >= 0.6 is 0 Å². The Balaban J connectivity index is 1.72. The highest BCUT2D eigenvalue weighted by atomic mass is 16.6. The third kappa shape index (κ3) is 2.33. The molecule has 8 heteroatoms. The van der Waals surface area contributed by atoms with Crippen LogP contribution in [0.2, 0.25) is 0 Å². The Morgan fingerprint density at radius 1 is 0.600 bits per heavy atom. The average molecular weight is 412 g/mol. The molecule has 3 aliphatic rings. The van der Waals surface area contributed by atoms with Crippen LogP contribution in [0, 0.1) is 11.8 Å². The standard InChI is InChI=1S/C22H20O8/c1-25-9-5-11(27-3)15-13(7-9)29-21(23)19-17(15)18-16-12(28-4)6-10(26-2)8-14(16)30-22(24)20(18)19/h5-8,17-20H,1-4H3/t17-,18-,19-,20-/m1/s1. The molecule has 2 aliphatic heterocycles. The van der Waals surface area contributed by atoms with Crippen molar-refractivity contribution in [2.24, 2.45) is 11.8 Å². The molecule has 0 bridgehead atoms. The minimum atomic E-state index is -0.655. The molecule has 156 valence electrons. The number of rotatable bonds is 4. The zero-order chi connectivity index (χ0) is 21.2. The van der Waals surface area contributed by atoms with Crippen molar-refractivity contribution < 1.29 is 38.0 Å². The fourth-order valence-electron chi connectivity index (χ4n) is 4.96. The molecule has 0 radical (unpaired) electrons. The Bertz CT molecular complexity index is 990. The summed E-state index contributed by atoms with van der Waals surface area (Å²) in [5.74, 6) is -0.00774. The molecular weight excluding hydrogens is 392 g/mol. The third-order valence-corrected chi connectivity index (χ3v) is 6.25. The van der Waals surface area contributed by atoms with Gasteiger partial charge in [-0.25, -0.2) is 0 Å². The summed E-state index contributed by atoms with van der Waals surface area (Å²) in [6.07, 6.45) is 0. The van der Waals surface area contributed by atoms with Crippen LogP contribution in [-0.2, 0) is 9.59 Å². The predicted octanol–water partition coefficient (Wildman–Crippen LogP) is 2.67. The fraction of sp³-hybridized carbons (Fsp3) is 0.364. The number of hydrogen-bond acceptors (Lipinski definition) is 8. The number of hydrogen-bond donors (Lipinski definition) is 0. The molecule has 0 saturated heterocycles. The van der Waals surface area contributed by atoms with Gasteiger partial charge in [0.2, 0.25) is 0 Å². The topological polar surface area (TPSA) is 89.5 Å². The van der Waals surface area contributed by atoms with Crippen LogP contribution in [0.4, 0.5) is 0 Å². The Morgan fingerprint density at radius 3 is 1.33 bits per heavy atom. The van der Waals surface area contributed by atoms with Gasteiger partial charge in [0, 0.05) is 47.2 Å². The van der Waals surface area contributed by atoms with Crippen LogP contribution in [0.15, 0.2) is 24.3 Å². The Morgan fingerprint density at radius 2 is 1.00 bits per heavy atom. The highest BCUT2D eigenvalue weighted by Crippen LogP contribution is 2.67. The van der Waals surface area contributed by atoms with Gasteiger partial charge < -0.3 is 28.4 Å². The normalized spacial score (nSPS) is 25.3. The quantitative estimate of drug-likeness (QED) is 0.559. The summed E-state index contributed by atoms with van der Waals surface area (Å²) in [6, 6.07) is 6.81. The second kappa shape index (κ2) is 6.55. The minimum Gasteiger partial charge on any atom is -0.496 e. The van der Waals surface area contributed by atoms with Gasteiger partial charge in [-0.3, -0.25) is 9.59 Å². The molecule has 4 atom stereocenters. The molecule has 2 heterocycles. The highest BCUT2D eigenvalue weighted by molar-refractivity contribution is 5.93. The van der Waals surface area contributed by atoms with Crippen LogP contribution < -0.4 is 28.4 Å². The number of esters is 2. The van der Waals surface area contributed by atoms with E-state index in [-0.39, 0.29) is 11.8 Å². The maximum absolute atomic E-state index is 12.8. The summed E-state index contributed by atoms with van der Waals surface area (Å²) in [7, 11) is 6.15. The van der Waals surface area contributed by atoms with Crippen LogP contribution in [0.3, 0.4) is 0 Å². The highest BCUT2D eigenvalue weighted by Gasteiger charge is 2.66. The van der Waals surface area contributed by atoms with Gasteiger partial charge in [0.1, 0.15) is 34.5 Å². The van der Waals surface area contributed by atoms with Gasteiger partial charge in [-0.2, -0.15) is 0 Å². The largest absolute Gasteiger partial charge is 0.496 e. The van der Waals surface area contributed by atoms with Gasteiger partial charge in [0.15, 0.2) is 0 Å². The van der Waals surface area contributed by atoms with Crippen LogP contribution in [0.5, 0.6) is 34.5 Å². The van der Waals surface area contributed by atoms with E-state index in [1.165, 1.54) is 14.2 Å². The fourth-order valence-corrected chi connectivity index (χ4v) is 4.96. The molecule has 5 rings (SSSR count). The van der Waals surface area contributed by atoms with E-state index < -0.39 is 23.8 Å². The number of ether oxygens (including phenoxy) is 6. The molecule has 0 unspecified atom stereocenters. The zero-order valence-corrected chi connectivity index (χ0v) is 16.9. The monoisotopic (exact) mass is 412 g/mol. The zero-order valence-electron chi connectivity index (χ0n) is 16.9. The van der Waals surface area contributed by atoms with Crippen molar-refractivity contribution in [3.8, 4) is 34.5 Å². The van der Waals surface area contributed by atoms with E-state index in [0.717, 1.165) is 11.1 Å². The van der Waals surface area contributed by atoms with Crippen molar-refractivity contribution in [3.63, 3.8) is 0 Å². The molecule has 1 aliphatic carbocycles. The first-order chi connectivity index (χ1) is 14.5. The number of methoxy groups -OCH3 is 4. The minimum absolute atomic E-state index is 0.319. The Labute approximate surface area is 172 Å². The predicted molar refractivity (Wildman–Crippen MR) is 103 cm³/mol. The maximum atomic E-state index is 12.8. The van der Waals surface area contributed by atoms with Crippen LogP contribution in [0.1, 0.15) is 23.0 Å². The molecule has 1 fully saturated rings. The number of carbonyl (C=O) groups excluding carboxylic acids is 2. The lowest BCUT2D eigenvalue weighted by Crippen LogP contribution is -2.57. The van der Waals surface area contributed by atoms with Crippen molar-refractivity contribution in [2.45, 2.75) is 11.8 Å². The van der Waals surface area contributed by atoms with Crippen molar-refractivity contribution in [1.82, 2.24) is 0 Å². The van der Waals surface area contributed by atoms with E-state index in [2.05, 4.69) is 0 Å². The summed E-state index contributed by atoms with van der Waals surface area (Å²) >= 11 is 0. The van der Waals surface area contributed by atoms with E-state index >= 15 is 0 Å². The molecule has 30 heavy (non-hydrogen) atoms. The van der Waals surface area contributed by atoms with E-state index in [1.807, 2.05) is 0 Å².